The highest BCUT2D eigenvalue weighted by Gasteiger charge is 2.15. The molecule has 0 unspecified atom stereocenters. The Bertz CT molecular complexity index is 974. The summed E-state index contributed by atoms with van der Waals surface area (Å²) < 4.78 is 0. The second-order valence-electron chi connectivity index (χ2n) is 6.01. The zero-order valence-electron chi connectivity index (χ0n) is 13.8. The molecule has 25 heavy (non-hydrogen) atoms. The Morgan fingerprint density at radius 2 is 0.840 bits per heavy atom. The second-order valence-corrected chi connectivity index (χ2v) is 6.55. The average molecular weight is 333 g/mol. The summed E-state index contributed by atoms with van der Waals surface area (Å²) in [6.07, 6.45) is 0. The molecule has 3 radical (unpaired) electrons. The smallest absolute Gasteiger partial charge is 0.0626 e. The van der Waals surface area contributed by atoms with E-state index in [-0.39, 0.29) is 0 Å². The van der Waals surface area contributed by atoms with Crippen molar-refractivity contribution in [2.45, 2.75) is 0 Å². The van der Waals surface area contributed by atoms with E-state index in [4.69, 9.17) is 0 Å². The summed E-state index contributed by atoms with van der Waals surface area (Å²) in [5.74, 6) is 0. The molecule has 0 amide bonds. The van der Waals surface area contributed by atoms with E-state index in [0.717, 1.165) is 5.19 Å². The Kier molecular flexibility index (Phi) is 4.32. The standard InChI is InChI=1S/C24H17Si/c25-22-17-16-21(18-10-4-1-5-11-18)23(19-12-6-2-7-13-19)24(22)20-14-8-3-9-15-20/h1-17H. The first-order valence-corrected chi connectivity index (χ1v) is 8.89. The lowest BCUT2D eigenvalue weighted by Crippen LogP contribution is -2.09. The lowest BCUT2D eigenvalue weighted by molar-refractivity contribution is 1.57. The van der Waals surface area contributed by atoms with E-state index < -0.39 is 0 Å². The molecule has 0 aliphatic heterocycles. The first-order chi connectivity index (χ1) is 12.3. The van der Waals surface area contributed by atoms with Gasteiger partial charge in [-0.25, -0.2) is 0 Å². The maximum absolute atomic E-state index is 3.85. The van der Waals surface area contributed by atoms with E-state index in [9.17, 15) is 0 Å². The Morgan fingerprint density at radius 1 is 0.400 bits per heavy atom. The van der Waals surface area contributed by atoms with Crippen LogP contribution in [0.25, 0.3) is 33.4 Å². The Labute approximate surface area is 152 Å². The SMILES string of the molecule is [Si]c1ccc(-c2ccccc2)c(-c2ccccc2)c1-c1ccccc1. The van der Waals surface area contributed by atoms with Gasteiger partial charge in [-0.05, 0) is 33.4 Å². The van der Waals surface area contributed by atoms with Gasteiger partial charge < -0.3 is 0 Å². The van der Waals surface area contributed by atoms with Gasteiger partial charge in [0.2, 0.25) is 0 Å². The zero-order valence-corrected chi connectivity index (χ0v) is 14.8. The lowest BCUT2D eigenvalue weighted by atomic mass is 9.87. The second kappa shape index (κ2) is 6.92. The maximum Gasteiger partial charge on any atom is 0.0720 e. The van der Waals surface area contributed by atoms with Crippen LogP contribution in [0.15, 0.2) is 103 Å². The van der Waals surface area contributed by atoms with Crippen molar-refractivity contribution in [1.29, 1.82) is 0 Å². The molecule has 0 fully saturated rings. The number of hydrogen-bond donors (Lipinski definition) is 0. The summed E-state index contributed by atoms with van der Waals surface area (Å²) in [5, 5.41) is 1.10. The molecule has 0 atom stereocenters. The molecule has 0 saturated heterocycles. The normalized spacial score (nSPS) is 10.6. The number of benzene rings is 4. The fourth-order valence-corrected chi connectivity index (χ4v) is 3.62. The third-order valence-corrected chi connectivity index (χ3v) is 4.83. The van der Waals surface area contributed by atoms with Crippen LogP contribution >= 0.6 is 0 Å². The first-order valence-electron chi connectivity index (χ1n) is 8.39. The molecule has 117 valence electrons. The van der Waals surface area contributed by atoms with Gasteiger partial charge in [0.15, 0.2) is 0 Å². The summed E-state index contributed by atoms with van der Waals surface area (Å²) in [7, 11) is 3.85. The molecule has 0 nitrogen and oxygen atoms in total. The van der Waals surface area contributed by atoms with Crippen molar-refractivity contribution in [3.63, 3.8) is 0 Å². The molecule has 0 aliphatic carbocycles. The van der Waals surface area contributed by atoms with Crippen molar-refractivity contribution in [3.8, 4) is 33.4 Å². The van der Waals surface area contributed by atoms with Crippen LogP contribution in [0.5, 0.6) is 0 Å². The van der Waals surface area contributed by atoms with Crippen LogP contribution in [0.2, 0.25) is 0 Å². The van der Waals surface area contributed by atoms with Crippen LogP contribution in [0.3, 0.4) is 0 Å². The van der Waals surface area contributed by atoms with E-state index in [2.05, 4.69) is 113 Å². The average Bonchev–Trinajstić information content (AvgIpc) is 2.70. The van der Waals surface area contributed by atoms with E-state index >= 15 is 0 Å². The van der Waals surface area contributed by atoms with Gasteiger partial charge in [0.25, 0.3) is 0 Å². The van der Waals surface area contributed by atoms with Gasteiger partial charge in [-0.2, -0.15) is 0 Å². The molecule has 0 bridgehead atoms. The molecule has 0 aromatic heterocycles. The summed E-state index contributed by atoms with van der Waals surface area (Å²) in [5.41, 5.74) is 7.39. The van der Waals surface area contributed by atoms with Crippen LogP contribution in [0, 0.1) is 0 Å². The quantitative estimate of drug-likeness (QED) is 0.435. The fourth-order valence-electron chi connectivity index (χ4n) is 3.27. The predicted octanol–water partition coefficient (Wildman–Crippen LogP) is 5.48. The highest BCUT2D eigenvalue weighted by molar-refractivity contribution is 6.37. The minimum Gasteiger partial charge on any atom is -0.0626 e. The predicted molar refractivity (Wildman–Crippen MR) is 108 cm³/mol. The van der Waals surface area contributed by atoms with Crippen molar-refractivity contribution in [2.75, 3.05) is 0 Å². The topological polar surface area (TPSA) is 0 Å². The molecule has 4 aromatic carbocycles. The molecule has 0 heterocycles. The fraction of sp³-hybridized carbons (Fsp3) is 0. The van der Waals surface area contributed by atoms with Crippen LogP contribution in [0.4, 0.5) is 0 Å². The van der Waals surface area contributed by atoms with Gasteiger partial charge in [0.05, 0.1) is 10.2 Å². The third kappa shape index (κ3) is 3.07. The van der Waals surface area contributed by atoms with Gasteiger partial charge >= 0.3 is 0 Å². The van der Waals surface area contributed by atoms with Gasteiger partial charge in [0, 0.05) is 0 Å². The molecule has 4 rings (SSSR count). The molecule has 4 aromatic rings. The van der Waals surface area contributed by atoms with Crippen LogP contribution in [-0.4, -0.2) is 10.2 Å². The number of rotatable bonds is 3. The maximum atomic E-state index is 3.85. The van der Waals surface area contributed by atoms with Crippen LogP contribution in [0.1, 0.15) is 0 Å². The summed E-state index contributed by atoms with van der Waals surface area (Å²) in [4.78, 5) is 0. The van der Waals surface area contributed by atoms with Crippen LogP contribution in [-0.2, 0) is 0 Å². The van der Waals surface area contributed by atoms with E-state index in [1.54, 1.807) is 0 Å². The molecular formula is C24H17Si. The molecule has 0 spiro atoms. The van der Waals surface area contributed by atoms with Crippen molar-refractivity contribution in [3.05, 3.63) is 103 Å². The monoisotopic (exact) mass is 333 g/mol. The Hall–Kier alpha value is -2.90. The van der Waals surface area contributed by atoms with E-state index in [0.29, 0.717) is 0 Å². The van der Waals surface area contributed by atoms with Gasteiger partial charge in [-0.1, -0.05) is 108 Å². The van der Waals surface area contributed by atoms with E-state index in [1.807, 2.05) is 0 Å². The molecule has 0 aliphatic rings. The van der Waals surface area contributed by atoms with E-state index in [1.165, 1.54) is 33.4 Å². The third-order valence-electron chi connectivity index (χ3n) is 4.42. The molecule has 1 heteroatoms. The van der Waals surface area contributed by atoms with Crippen molar-refractivity contribution in [1.82, 2.24) is 0 Å². The molecular weight excluding hydrogens is 316 g/mol. The zero-order chi connectivity index (χ0) is 17.1. The first kappa shape index (κ1) is 15.6. The number of hydrogen-bond acceptors (Lipinski definition) is 0. The largest absolute Gasteiger partial charge is 0.0720 e. The van der Waals surface area contributed by atoms with Gasteiger partial charge in [0.1, 0.15) is 0 Å². The van der Waals surface area contributed by atoms with Crippen LogP contribution < -0.4 is 5.19 Å². The molecule has 0 N–H and O–H groups in total. The van der Waals surface area contributed by atoms with Crippen molar-refractivity contribution in [2.24, 2.45) is 0 Å². The summed E-state index contributed by atoms with van der Waals surface area (Å²) in [6.45, 7) is 0. The van der Waals surface area contributed by atoms with Crippen molar-refractivity contribution < 1.29 is 0 Å². The van der Waals surface area contributed by atoms with Crippen molar-refractivity contribution >= 4 is 15.4 Å². The highest BCUT2D eigenvalue weighted by Crippen LogP contribution is 2.38. The Morgan fingerprint density at radius 3 is 1.36 bits per heavy atom. The summed E-state index contributed by atoms with van der Waals surface area (Å²) >= 11 is 0. The highest BCUT2D eigenvalue weighted by atomic mass is 28.1. The van der Waals surface area contributed by atoms with Gasteiger partial charge in [-0.15, -0.1) is 0 Å². The van der Waals surface area contributed by atoms with Gasteiger partial charge in [-0.3, -0.25) is 0 Å². The minimum absolute atomic E-state index is 1.10. The molecule has 0 saturated carbocycles. The minimum atomic E-state index is 1.10. The summed E-state index contributed by atoms with van der Waals surface area (Å²) in [6, 6.07) is 36.1. The lowest BCUT2D eigenvalue weighted by Gasteiger charge is -2.18. The Balaban J connectivity index is 2.08.